The summed E-state index contributed by atoms with van der Waals surface area (Å²) in [6.07, 6.45) is 1.83. The minimum Gasteiger partial charge on any atom is -0.399 e. The van der Waals surface area contributed by atoms with Crippen LogP contribution in [0.4, 0.5) is 11.5 Å². The molecule has 0 aliphatic heterocycles. The van der Waals surface area contributed by atoms with E-state index >= 15 is 0 Å². The average Bonchev–Trinajstić information content (AvgIpc) is 2.81. The van der Waals surface area contributed by atoms with Gasteiger partial charge in [0.2, 0.25) is 0 Å². The molecule has 0 saturated heterocycles. The summed E-state index contributed by atoms with van der Waals surface area (Å²) in [6, 6.07) is 9.74. The molecule has 0 spiro atoms. The number of benzene rings is 1. The molecule has 1 aromatic carbocycles. The van der Waals surface area contributed by atoms with Crippen LogP contribution < -0.4 is 11.1 Å². The van der Waals surface area contributed by atoms with E-state index in [1.807, 2.05) is 43.6 Å². The highest BCUT2D eigenvalue weighted by Gasteiger charge is 2.06. The molecule has 0 unspecified atom stereocenters. The van der Waals surface area contributed by atoms with Crippen molar-refractivity contribution >= 4 is 33.1 Å². The van der Waals surface area contributed by atoms with Crippen molar-refractivity contribution in [1.29, 1.82) is 0 Å². The normalized spacial score (nSPS) is 10.7. The second-order valence-corrected chi connectivity index (χ2v) is 4.96. The average molecular weight is 256 g/mol. The van der Waals surface area contributed by atoms with Gasteiger partial charge in [-0.2, -0.15) is 0 Å². The van der Waals surface area contributed by atoms with Gasteiger partial charge in [-0.05, 0) is 30.3 Å². The number of nitrogens with one attached hydrogen (secondary N) is 1. The molecule has 3 N–H and O–H groups in total. The summed E-state index contributed by atoms with van der Waals surface area (Å²) in [6.45, 7) is 0. The van der Waals surface area contributed by atoms with Gasteiger partial charge in [0.25, 0.3) is 0 Å². The van der Waals surface area contributed by atoms with Crippen LogP contribution in [0.25, 0.3) is 20.8 Å². The Bertz CT molecular complexity index is 688. The van der Waals surface area contributed by atoms with Crippen molar-refractivity contribution in [3.05, 3.63) is 36.5 Å². The summed E-state index contributed by atoms with van der Waals surface area (Å²) in [5.41, 5.74) is 8.45. The molecule has 3 aromatic rings. The number of hydrogen-bond acceptors (Lipinski definition) is 5. The van der Waals surface area contributed by atoms with Crippen molar-refractivity contribution in [2.24, 2.45) is 0 Å². The molecule has 0 aliphatic rings. The summed E-state index contributed by atoms with van der Waals surface area (Å²) < 4.78 is 1.14. The molecule has 2 aromatic heterocycles. The standard InChI is InChI=1S/C13H12N4S/c1-15-12-5-2-8(7-16-12)13-17-10-6-9(14)3-4-11(10)18-13/h2-7H,14H2,1H3,(H,15,16). The lowest BCUT2D eigenvalue weighted by Crippen LogP contribution is -1.90. The van der Waals surface area contributed by atoms with Crippen molar-refractivity contribution in [1.82, 2.24) is 9.97 Å². The topological polar surface area (TPSA) is 63.8 Å². The molecule has 90 valence electrons. The first kappa shape index (κ1) is 11.0. The van der Waals surface area contributed by atoms with Gasteiger partial charge >= 0.3 is 0 Å². The molecule has 18 heavy (non-hydrogen) atoms. The molecule has 5 heteroatoms. The molecule has 0 bridgehead atoms. The summed E-state index contributed by atoms with van der Waals surface area (Å²) in [4.78, 5) is 8.87. The lowest BCUT2D eigenvalue weighted by atomic mass is 10.3. The quantitative estimate of drug-likeness (QED) is 0.692. The molecule has 0 saturated carbocycles. The van der Waals surface area contributed by atoms with Gasteiger partial charge in [-0.1, -0.05) is 0 Å². The van der Waals surface area contributed by atoms with Crippen molar-refractivity contribution in [3.63, 3.8) is 0 Å². The number of nitrogen functional groups attached to an aromatic ring is 1. The van der Waals surface area contributed by atoms with E-state index in [0.29, 0.717) is 0 Å². The van der Waals surface area contributed by atoms with Gasteiger partial charge in [-0.25, -0.2) is 9.97 Å². The number of hydrogen-bond donors (Lipinski definition) is 2. The van der Waals surface area contributed by atoms with Crippen LogP contribution in [-0.2, 0) is 0 Å². The van der Waals surface area contributed by atoms with E-state index in [1.54, 1.807) is 11.3 Å². The van der Waals surface area contributed by atoms with Gasteiger partial charge in [0, 0.05) is 24.5 Å². The number of nitrogens with two attached hydrogens (primary N) is 1. The Balaban J connectivity index is 2.07. The first-order valence-corrected chi connectivity index (χ1v) is 6.38. The Morgan fingerprint density at radius 1 is 1.22 bits per heavy atom. The van der Waals surface area contributed by atoms with Crippen molar-refractivity contribution < 1.29 is 0 Å². The highest BCUT2D eigenvalue weighted by atomic mass is 32.1. The van der Waals surface area contributed by atoms with Crippen molar-refractivity contribution in [2.75, 3.05) is 18.1 Å². The van der Waals surface area contributed by atoms with E-state index in [0.717, 1.165) is 32.3 Å². The number of rotatable bonds is 2. The zero-order valence-corrected chi connectivity index (χ0v) is 10.7. The van der Waals surface area contributed by atoms with Gasteiger partial charge in [0.05, 0.1) is 10.2 Å². The SMILES string of the molecule is CNc1ccc(-c2nc3cc(N)ccc3s2)cn1. The zero-order valence-electron chi connectivity index (χ0n) is 9.84. The Hall–Kier alpha value is -2.14. The first-order chi connectivity index (χ1) is 8.76. The fraction of sp³-hybridized carbons (Fsp3) is 0.0769. The highest BCUT2D eigenvalue weighted by molar-refractivity contribution is 7.21. The van der Waals surface area contributed by atoms with Crippen LogP contribution in [0.15, 0.2) is 36.5 Å². The Kier molecular flexibility index (Phi) is 2.60. The Labute approximate surface area is 109 Å². The van der Waals surface area contributed by atoms with Gasteiger partial charge in [-0.3, -0.25) is 0 Å². The van der Waals surface area contributed by atoms with E-state index in [-0.39, 0.29) is 0 Å². The molecule has 0 aliphatic carbocycles. The third kappa shape index (κ3) is 1.89. The molecule has 0 atom stereocenters. The summed E-state index contributed by atoms with van der Waals surface area (Å²) >= 11 is 1.65. The van der Waals surface area contributed by atoms with Gasteiger partial charge in [0.1, 0.15) is 10.8 Å². The van der Waals surface area contributed by atoms with Crippen LogP contribution in [-0.4, -0.2) is 17.0 Å². The fourth-order valence-corrected chi connectivity index (χ4v) is 2.67. The Morgan fingerprint density at radius 3 is 2.83 bits per heavy atom. The molecule has 2 heterocycles. The smallest absolute Gasteiger partial charge is 0.126 e. The lowest BCUT2D eigenvalue weighted by Gasteiger charge is -1.99. The predicted molar refractivity (Wildman–Crippen MR) is 76.8 cm³/mol. The molecular formula is C13H12N4S. The predicted octanol–water partition coefficient (Wildman–Crippen LogP) is 2.98. The van der Waals surface area contributed by atoms with E-state index in [9.17, 15) is 0 Å². The number of thiazole rings is 1. The maximum Gasteiger partial charge on any atom is 0.126 e. The van der Waals surface area contributed by atoms with Gasteiger partial charge in [-0.15, -0.1) is 11.3 Å². The molecule has 0 fully saturated rings. The molecule has 3 rings (SSSR count). The minimum atomic E-state index is 0.739. The second kappa shape index (κ2) is 4.27. The number of anilines is 2. The number of pyridine rings is 1. The van der Waals surface area contributed by atoms with Crippen LogP contribution in [0.3, 0.4) is 0 Å². The van der Waals surface area contributed by atoms with Gasteiger partial charge in [0.15, 0.2) is 0 Å². The first-order valence-electron chi connectivity index (χ1n) is 5.56. The third-order valence-electron chi connectivity index (χ3n) is 2.68. The monoisotopic (exact) mass is 256 g/mol. The highest BCUT2D eigenvalue weighted by Crippen LogP contribution is 2.30. The summed E-state index contributed by atoms with van der Waals surface area (Å²) in [5.74, 6) is 0.851. The van der Waals surface area contributed by atoms with Crippen LogP contribution in [0.5, 0.6) is 0 Å². The van der Waals surface area contributed by atoms with E-state index in [2.05, 4.69) is 15.3 Å². The number of fused-ring (bicyclic) bond motifs is 1. The number of nitrogens with zero attached hydrogens (tertiary/aromatic N) is 2. The molecule has 0 amide bonds. The summed E-state index contributed by atoms with van der Waals surface area (Å²) in [5, 5.41) is 3.96. The molecular weight excluding hydrogens is 244 g/mol. The van der Waals surface area contributed by atoms with Crippen LogP contribution >= 0.6 is 11.3 Å². The fourth-order valence-electron chi connectivity index (χ4n) is 1.74. The van der Waals surface area contributed by atoms with Crippen molar-refractivity contribution in [3.8, 4) is 10.6 Å². The molecule has 0 radical (unpaired) electrons. The second-order valence-electron chi connectivity index (χ2n) is 3.93. The van der Waals surface area contributed by atoms with Crippen molar-refractivity contribution in [2.45, 2.75) is 0 Å². The lowest BCUT2D eigenvalue weighted by molar-refractivity contribution is 1.28. The zero-order chi connectivity index (χ0) is 12.5. The molecule has 4 nitrogen and oxygen atoms in total. The van der Waals surface area contributed by atoms with Crippen LogP contribution in [0.2, 0.25) is 0 Å². The van der Waals surface area contributed by atoms with Crippen LogP contribution in [0, 0.1) is 0 Å². The summed E-state index contributed by atoms with van der Waals surface area (Å²) in [7, 11) is 1.85. The maximum atomic E-state index is 5.75. The number of aromatic nitrogens is 2. The van der Waals surface area contributed by atoms with Gasteiger partial charge < -0.3 is 11.1 Å². The van der Waals surface area contributed by atoms with E-state index < -0.39 is 0 Å². The minimum absolute atomic E-state index is 0.739. The van der Waals surface area contributed by atoms with Crippen LogP contribution in [0.1, 0.15) is 0 Å². The Morgan fingerprint density at radius 2 is 2.11 bits per heavy atom. The van der Waals surface area contributed by atoms with E-state index in [4.69, 9.17) is 5.73 Å². The maximum absolute atomic E-state index is 5.75. The van der Waals surface area contributed by atoms with E-state index in [1.165, 1.54) is 0 Å². The third-order valence-corrected chi connectivity index (χ3v) is 3.76. The largest absolute Gasteiger partial charge is 0.399 e.